The van der Waals surface area contributed by atoms with Crippen LogP contribution in [-0.4, -0.2) is 26.2 Å². The van der Waals surface area contributed by atoms with E-state index in [1.54, 1.807) is 18.2 Å². The van der Waals surface area contributed by atoms with Crippen molar-refractivity contribution in [2.45, 2.75) is 13.0 Å². The molecule has 5 nitrogen and oxygen atoms in total. The first-order valence-electron chi connectivity index (χ1n) is 7.63. The van der Waals surface area contributed by atoms with E-state index in [0.29, 0.717) is 36.6 Å². The van der Waals surface area contributed by atoms with Gasteiger partial charge < -0.3 is 20.5 Å². The summed E-state index contributed by atoms with van der Waals surface area (Å²) >= 11 is 0. The maximum Gasteiger partial charge on any atom is 0.255 e. The van der Waals surface area contributed by atoms with Gasteiger partial charge in [-0.2, -0.15) is 0 Å². The number of halogens is 2. The van der Waals surface area contributed by atoms with Crippen LogP contribution in [0.25, 0.3) is 0 Å². The summed E-state index contributed by atoms with van der Waals surface area (Å²) in [6, 6.07) is 12.2. The number of amides is 1. The molecule has 2 rings (SSSR count). The van der Waals surface area contributed by atoms with Crippen molar-refractivity contribution in [2.75, 3.05) is 20.3 Å². The predicted molar refractivity (Wildman–Crippen MR) is 96.7 cm³/mol. The largest absolute Gasteiger partial charge is 0.493 e. The summed E-state index contributed by atoms with van der Waals surface area (Å²) in [6.45, 7) is 0.885. The average molecular weight is 369 g/mol. The van der Waals surface area contributed by atoms with Gasteiger partial charge in [0.15, 0.2) is 18.1 Å². The van der Waals surface area contributed by atoms with Gasteiger partial charge in [0.1, 0.15) is 5.82 Å². The van der Waals surface area contributed by atoms with E-state index in [4.69, 9.17) is 15.2 Å². The van der Waals surface area contributed by atoms with Crippen LogP contribution in [0.15, 0.2) is 42.5 Å². The molecule has 0 heterocycles. The van der Waals surface area contributed by atoms with Crippen LogP contribution in [0, 0.1) is 5.82 Å². The predicted octanol–water partition coefficient (Wildman–Crippen LogP) is 2.45. The number of rotatable bonds is 9. The molecule has 0 spiro atoms. The van der Waals surface area contributed by atoms with E-state index >= 15 is 0 Å². The number of benzene rings is 2. The maximum absolute atomic E-state index is 13.6. The van der Waals surface area contributed by atoms with Crippen molar-refractivity contribution in [3.8, 4) is 11.5 Å². The fraction of sp³-hybridized carbons (Fsp3) is 0.278. The summed E-state index contributed by atoms with van der Waals surface area (Å²) in [4.78, 5) is 10.9. The molecule has 0 fully saturated rings. The third kappa shape index (κ3) is 6.25. The zero-order chi connectivity index (χ0) is 17.4. The number of hydrogen-bond donors (Lipinski definition) is 2. The Balaban J connectivity index is 0.00000312. The van der Waals surface area contributed by atoms with Gasteiger partial charge in [-0.05, 0) is 30.7 Å². The molecule has 0 bridgehead atoms. The minimum Gasteiger partial charge on any atom is -0.493 e. The number of methoxy groups -OCH3 is 1. The molecule has 1 amide bonds. The Morgan fingerprint density at radius 1 is 1.16 bits per heavy atom. The van der Waals surface area contributed by atoms with E-state index < -0.39 is 5.91 Å². The molecule has 0 aliphatic carbocycles. The van der Waals surface area contributed by atoms with E-state index in [2.05, 4.69) is 5.32 Å². The first-order chi connectivity index (χ1) is 11.6. The summed E-state index contributed by atoms with van der Waals surface area (Å²) < 4.78 is 24.3. The Kier molecular flexibility index (Phi) is 8.74. The summed E-state index contributed by atoms with van der Waals surface area (Å²) in [5.74, 6) is 0.257. The van der Waals surface area contributed by atoms with Crippen LogP contribution in [0.1, 0.15) is 11.1 Å². The van der Waals surface area contributed by atoms with Crippen LogP contribution in [-0.2, 0) is 17.8 Å². The smallest absolute Gasteiger partial charge is 0.255 e. The van der Waals surface area contributed by atoms with Crippen LogP contribution in [0.5, 0.6) is 11.5 Å². The third-order valence-electron chi connectivity index (χ3n) is 3.48. The molecule has 3 N–H and O–H groups in total. The summed E-state index contributed by atoms with van der Waals surface area (Å²) in [5.41, 5.74) is 6.63. The SMILES string of the molecule is COc1cccc(CNCCc2ccccc2F)c1OCC(N)=O.Cl. The van der Waals surface area contributed by atoms with Crippen LogP contribution >= 0.6 is 12.4 Å². The molecule has 0 radical (unpaired) electrons. The fourth-order valence-corrected chi connectivity index (χ4v) is 2.32. The molecular formula is C18H22ClFN2O3. The number of ether oxygens (including phenoxy) is 2. The summed E-state index contributed by atoms with van der Waals surface area (Å²) in [5, 5.41) is 3.24. The standard InChI is InChI=1S/C18H21FN2O3.ClH/c1-23-16-8-4-6-14(18(16)24-12-17(20)22)11-21-10-9-13-5-2-3-7-15(13)19;/h2-8,21H,9-12H2,1H3,(H2,20,22);1H. The highest BCUT2D eigenvalue weighted by Crippen LogP contribution is 2.31. The number of para-hydroxylation sites is 1. The normalized spacial score (nSPS) is 10.0. The highest BCUT2D eigenvalue weighted by atomic mass is 35.5. The van der Waals surface area contributed by atoms with Gasteiger partial charge in [0, 0.05) is 12.1 Å². The van der Waals surface area contributed by atoms with Gasteiger partial charge in [0.25, 0.3) is 5.91 Å². The maximum atomic E-state index is 13.6. The van der Waals surface area contributed by atoms with E-state index in [9.17, 15) is 9.18 Å². The van der Waals surface area contributed by atoms with Crippen LogP contribution < -0.4 is 20.5 Å². The number of hydrogen-bond acceptors (Lipinski definition) is 4. The van der Waals surface area contributed by atoms with Crippen LogP contribution in [0.2, 0.25) is 0 Å². The first-order valence-corrected chi connectivity index (χ1v) is 7.63. The van der Waals surface area contributed by atoms with Crippen molar-refractivity contribution >= 4 is 18.3 Å². The van der Waals surface area contributed by atoms with Crippen molar-refractivity contribution in [2.24, 2.45) is 5.73 Å². The van der Waals surface area contributed by atoms with E-state index in [-0.39, 0.29) is 24.8 Å². The lowest BCUT2D eigenvalue weighted by Gasteiger charge is -2.14. The Labute approximate surface area is 152 Å². The lowest BCUT2D eigenvalue weighted by atomic mass is 10.1. The van der Waals surface area contributed by atoms with Crippen molar-refractivity contribution in [1.29, 1.82) is 0 Å². The molecule has 0 aromatic heterocycles. The van der Waals surface area contributed by atoms with E-state index in [1.165, 1.54) is 13.2 Å². The minimum atomic E-state index is -0.556. The molecule has 7 heteroatoms. The van der Waals surface area contributed by atoms with Gasteiger partial charge >= 0.3 is 0 Å². The number of carbonyl (C=O) groups excluding carboxylic acids is 1. The fourth-order valence-electron chi connectivity index (χ4n) is 2.32. The van der Waals surface area contributed by atoms with Crippen molar-refractivity contribution in [1.82, 2.24) is 5.32 Å². The van der Waals surface area contributed by atoms with Gasteiger partial charge in [-0.15, -0.1) is 12.4 Å². The number of carbonyl (C=O) groups is 1. The van der Waals surface area contributed by atoms with Gasteiger partial charge in [-0.25, -0.2) is 4.39 Å². The Morgan fingerprint density at radius 2 is 1.88 bits per heavy atom. The molecule has 2 aromatic rings. The molecule has 2 aromatic carbocycles. The topological polar surface area (TPSA) is 73.6 Å². The summed E-state index contributed by atoms with van der Waals surface area (Å²) in [7, 11) is 1.53. The van der Waals surface area contributed by atoms with E-state index in [1.807, 2.05) is 18.2 Å². The van der Waals surface area contributed by atoms with Gasteiger partial charge in [-0.3, -0.25) is 4.79 Å². The van der Waals surface area contributed by atoms with Crippen molar-refractivity contribution in [3.05, 3.63) is 59.4 Å². The number of nitrogens with one attached hydrogen (secondary N) is 1. The highest BCUT2D eigenvalue weighted by molar-refractivity contribution is 5.85. The second-order valence-electron chi connectivity index (χ2n) is 5.22. The molecule has 0 aliphatic heterocycles. The molecule has 0 unspecified atom stereocenters. The first kappa shape index (κ1) is 20.7. The van der Waals surface area contributed by atoms with Gasteiger partial charge in [0.2, 0.25) is 0 Å². The Morgan fingerprint density at radius 3 is 2.56 bits per heavy atom. The minimum absolute atomic E-state index is 0. The Hall–Kier alpha value is -2.31. The van der Waals surface area contributed by atoms with Crippen LogP contribution in [0.4, 0.5) is 4.39 Å². The molecule has 25 heavy (non-hydrogen) atoms. The molecule has 136 valence electrons. The van der Waals surface area contributed by atoms with E-state index in [0.717, 1.165) is 5.56 Å². The lowest BCUT2D eigenvalue weighted by Crippen LogP contribution is -2.22. The third-order valence-corrected chi connectivity index (χ3v) is 3.48. The quantitative estimate of drug-likeness (QED) is 0.667. The second-order valence-corrected chi connectivity index (χ2v) is 5.22. The van der Waals surface area contributed by atoms with Gasteiger partial charge in [0.05, 0.1) is 7.11 Å². The molecular weight excluding hydrogens is 347 g/mol. The van der Waals surface area contributed by atoms with Crippen molar-refractivity contribution in [3.63, 3.8) is 0 Å². The number of primary amides is 1. The second kappa shape index (κ2) is 10.5. The molecule has 0 saturated carbocycles. The monoisotopic (exact) mass is 368 g/mol. The number of nitrogens with two attached hydrogens (primary N) is 1. The molecule has 0 saturated heterocycles. The average Bonchev–Trinajstić information content (AvgIpc) is 2.58. The summed E-state index contributed by atoms with van der Waals surface area (Å²) in [6.07, 6.45) is 0.577. The molecule has 0 atom stereocenters. The molecule has 0 aliphatic rings. The van der Waals surface area contributed by atoms with Gasteiger partial charge in [-0.1, -0.05) is 30.3 Å². The lowest BCUT2D eigenvalue weighted by molar-refractivity contribution is -0.119. The van der Waals surface area contributed by atoms with Crippen molar-refractivity contribution < 1.29 is 18.7 Å². The highest BCUT2D eigenvalue weighted by Gasteiger charge is 2.11. The zero-order valence-electron chi connectivity index (χ0n) is 14.0. The Bertz CT molecular complexity index is 698. The van der Waals surface area contributed by atoms with Crippen LogP contribution in [0.3, 0.4) is 0 Å². The zero-order valence-corrected chi connectivity index (χ0v) is 14.8.